The average molecular weight is 890 g/mol. The van der Waals surface area contributed by atoms with Crippen molar-refractivity contribution in [2.75, 3.05) is 19.8 Å². The van der Waals surface area contributed by atoms with Gasteiger partial charge < -0.3 is 9.47 Å². The van der Waals surface area contributed by atoms with E-state index < -0.39 is 0 Å². The Morgan fingerprint density at radius 2 is 0.365 bits per heavy atom. The van der Waals surface area contributed by atoms with Crippen LogP contribution in [0.5, 0.6) is 0 Å². The molecule has 380 valence electrons. The minimum absolute atomic E-state index is 0.526. The van der Waals surface area contributed by atoms with Crippen LogP contribution in [0.2, 0.25) is 0 Å². The second kappa shape index (κ2) is 59.9. The lowest BCUT2D eigenvalue weighted by molar-refractivity contribution is 0.0357. The molecule has 0 heterocycles. The van der Waals surface area contributed by atoms with E-state index in [1.54, 1.807) is 0 Å². The van der Waals surface area contributed by atoms with Crippen LogP contribution in [0, 0.1) is 0 Å². The Hall–Kier alpha value is -0.0800. The SMILES string of the molecule is CCCCCCCCCCCCCCCCCC(CCCCCCCCCCCCCCCCCCOCCCCCCCCCCCC)OCCCCCCCCCCCCC. The summed E-state index contributed by atoms with van der Waals surface area (Å²) in [7, 11) is 0. The van der Waals surface area contributed by atoms with Crippen LogP contribution in [0.15, 0.2) is 0 Å². The van der Waals surface area contributed by atoms with Crippen molar-refractivity contribution in [1.29, 1.82) is 0 Å². The fourth-order valence-corrected chi connectivity index (χ4v) is 9.92. The number of hydrogen-bond acceptors (Lipinski definition) is 2. The van der Waals surface area contributed by atoms with Crippen LogP contribution in [0.3, 0.4) is 0 Å². The van der Waals surface area contributed by atoms with Crippen LogP contribution in [-0.2, 0) is 9.47 Å². The maximum Gasteiger partial charge on any atom is 0.0575 e. The van der Waals surface area contributed by atoms with Gasteiger partial charge in [-0.25, -0.2) is 0 Å². The maximum absolute atomic E-state index is 6.60. The van der Waals surface area contributed by atoms with Gasteiger partial charge >= 0.3 is 0 Å². The van der Waals surface area contributed by atoms with Gasteiger partial charge in [-0.2, -0.15) is 0 Å². The van der Waals surface area contributed by atoms with Crippen molar-refractivity contribution in [2.24, 2.45) is 0 Å². The Morgan fingerprint density at radius 3 is 0.587 bits per heavy atom. The van der Waals surface area contributed by atoms with Gasteiger partial charge in [-0.3, -0.25) is 0 Å². The second-order valence-corrected chi connectivity index (χ2v) is 21.0. The maximum atomic E-state index is 6.60. The number of rotatable bonds is 59. The molecule has 1 atom stereocenters. The Kier molecular flexibility index (Phi) is 59.9. The highest BCUT2D eigenvalue weighted by Crippen LogP contribution is 2.20. The highest BCUT2D eigenvalue weighted by atomic mass is 16.5. The summed E-state index contributed by atoms with van der Waals surface area (Å²) in [5.41, 5.74) is 0. The lowest BCUT2D eigenvalue weighted by Crippen LogP contribution is -2.14. The third-order valence-electron chi connectivity index (χ3n) is 14.4. The van der Waals surface area contributed by atoms with E-state index in [4.69, 9.17) is 9.47 Å². The quantitative estimate of drug-likeness (QED) is 0.0567. The van der Waals surface area contributed by atoms with Crippen LogP contribution in [0.1, 0.15) is 367 Å². The van der Waals surface area contributed by atoms with Gasteiger partial charge in [0.05, 0.1) is 6.10 Å². The predicted molar refractivity (Wildman–Crippen MR) is 287 cm³/mol. The molecule has 0 aromatic heterocycles. The summed E-state index contributed by atoms with van der Waals surface area (Å²) in [5, 5.41) is 0. The summed E-state index contributed by atoms with van der Waals surface area (Å²) in [6.45, 7) is 9.93. The molecule has 0 fully saturated rings. The molecule has 0 radical (unpaired) electrons. The van der Waals surface area contributed by atoms with E-state index in [0.29, 0.717) is 6.10 Å². The van der Waals surface area contributed by atoms with Crippen molar-refractivity contribution in [3.8, 4) is 0 Å². The van der Waals surface area contributed by atoms with E-state index in [9.17, 15) is 0 Å². The van der Waals surface area contributed by atoms with Gasteiger partial charge in [0.2, 0.25) is 0 Å². The lowest BCUT2D eigenvalue weighted by atomic mass is 10.0. The molecule has 0 rings (SSSR count). The molecule has 1 unspecified atom stereocenters. The van der Waals surface area contributed by atoms with Crippen LogP contribution in [0.25, 0.3) is 0 Å². The molecule has 0 amide bonds. The van der Waals surface area contributed by atoms with E-state index in [1.807, 2.05) is 0 Å². The average Bonchev–Trinajstić information content (AvgIpc) is 3.29. The van der Waals surface area contributed by atoms with Crippen molar-refractivity contribution in [3.63, 3.8) is 0 Å². The first kappa shape index (κ1) is 62.9. The van der Waals surface area contributed by atoms with Gasteiger partial charge in [0.15, 0.2) is 0 Å². The smallest absolute Gasteiger partial charge is 0.0575 e. The molecule has 0 saturated carbocycles. The van der Waals surface area contributed by atoms with E-state index in [2.05, 4.69) is 20.8 Å². The Bertz CT molecular complexity index is 751. The number of unbranched alkanes of at least 4 members (excludes halogenated alkanes) is 48. The summed E-state index contributed by atoms with van der Waals surface area (Å²) < 4.78 is 12.5. The molecular weight excluding hydrogens is 765 g/mol. The van der Waals surface area contributed by atoms with E-state index in [0.717, 1.165) is 19.8 Å². The summed E-state index contributed by atoms with van der Waals surface area (Å²) in [6.07, 6.45) is 77.4. The molecule has 2 nitrogen and oxygen atoms in total. The van der Waals surface area contributed by atoms with Gasteiger partial charge in [0, 0.05) is 19.8 Å². The van der Waals surface area contributed by atoms with E-state index >= 15 is 0 Å². The molecule has 0 aliphatic heterocycles. The summed E-state index contributed by atoms with van der Waals surface area (Å²) in [4.78, 5) is 0. The second-order valence-electron chi connectivity index (χ2n) is 21.0. The molecule has 0 aromatic rings. The standard InChI is InChI=1S/C61H124O2/c1-4-7-10-13-16-19-22-23-26-29-32-36-41-46-51-56-61(63-60-55-50-45-40-34-20-17-14-11-8-5-2)57-52-47-42-37-33-30-27-24-25-28-31-35-39-44-49-54-59-62-58-53-48-43-38-21-18-15-12-9-6-3/h61H,4-60H2,1-3H3. The molecule has 2 heteroatoms. The Balaban J connectivity index is 3.77. The Labute approximate surface area is 401 Å². The minimum atomic E-state index is 0.526. The van der Waals surface area contributed by atoms with Crippen LogP contribution < -0.4 is 0 Å². The zero-order valence-electron chi connectivity index (χ0n) is 44.7. The van der Waals surface area contributed by atoms with Crippen molar-refractivity contribution >= 4 is 0 Å². The van der Waals surface area contributed by atoms with Crippen LogP contribution in [-0.4, -0.2) is 25.9 Å². The molecule has 0 spiro atoms. The van der Waals surface area contributed by atoms with Crippen molar-refractivity contribution in [3.05, 3.63) is 0 Å². The normalized spacial score (nSPS) is 12.2. The fourth-order valence-electron chi connectivity index (χ4n) is 9.92. The van der Waals surface area contributed by atoms with Gasteiger partial charge in [-0.1, -0.05) is 335 Å². The highest BCUT2D eigenvalue weighted by molar-refractivity contribution is 4.62. The molecule has 0 N–H and O–H groups in total. The molecule has 0 aliphatic carbocycles. The van der Waals surface area contributed by atoms with E-state index in [1.165, 1.54) is 347 Å². The third kappa shape index (κ3) is 58.0. The lowest BCUT2D eigenvalue weighted by Gasteiger charge is -2.18. The van der Waals surface area contributed by atoms with Crippen molar-refractivity contribution < 1.29 is 9.47 Å². The van der Waals surface area contributed by atoms with E-state index in [-0.39, 0.29) is 0 Å². The highest BCUT2D eigenvalue weighted by Gasteiger charge is 2.09. The molecular formula is C61H124O2. The zero-order valence-corrected chi connectivity index (χ0v) is 44.7. The first-order chi connectivity index (χ1) is 31.3. The minimum Gasteiger partial charge on any atom is -0.381 e. The van der Waals surface area contributed by atoms with Gasteiger partial charge in [0.1, 0.15) is 0 Å². The van der Waals surface area contributed by atoms with Crippen molar-refractivity contribution in [2.45, 2.75) is 374 Å². The molecule has 0 bridgehead atoms. The molecule has 0 aliphatic rings. The summed E-state index contributed by atoms with van der Waals surface area (Å²) >= 11 is 0. The van der Waals surface area contributed by atoms with Crippen LogP contribution in [0.4, 0.5) is 0 Å². The van der Waals surface area contributed by atoms with Crippen molar-refractivity contribution in [1.82, 2.24) is 0 Å². The largest absolute Gasteiger partial charge is 0.381 e. The van der Waals surface area contributed by atoms with Gasteiger partial charge in [-0.15, -0.1) is 0 Å². The Morgan fingerprint density at radius 1 is 0.190 bits per heavy atom. The van der Waals surface area contributed by atoms with Gasteiger partial charge in [0.25, 0.3) is 0 Å². The molecule has 0 aromatic carbocycles. The number of hydrogen-bond donors (Lipinski definition) is 0. The molecule has 0 saturated heterocycles. The first-order valence-electron chi connectivity index (χ1n) is 30.5. The number of ether oxygens (including phenoxy) is 2. The fraction of sp³-hybridized carbons (Fsp3) is 1.00. The summed E-state index contributed by atoms with van der Waals surface area (Å²) in [5.74, 6) is 0. The monoisotopic (exact) mass is 889 g/mol. The zero-order chi connectivity index (χ0) is 45.3. The summed E-state index contributed by atoms with van der Waals surface area (Å²) in [6, 6.07) is 0. The third-order valence-corrected chi connectivity index (χ3v) is 14.4. The first-order valence-corrected chi connectivity index (χ1v) is 30.5. The topological polar surface area (TPSA) is 18.5 Å². The predicted octanol–water partition coefficient (Wildman–Crippen LogP) is 22.5. The van der Waals surface area contributed by atoms with Gasteiger partial charge in [-0.05, 0) is 32.1 Å². The molecule has 63 heavy (non-hydrogen) atoms. The van der Waals surface area contributed by atoms with Crippen LogP contribution >= 0.6 is 0 Å².